The van der Waals surface area contributed by atoms with Crippen molar-refractivity contribution >= 4 is 0 Å². The van der Waals surface area contributed by atoms with Crippen LogP contribution in [0.2, 0.25) is 0 Å². The zero-order valence-electron chi connectivity index (χ0n) is 14.1. The number of nitrogens with zero attached hydrogens (tertiary/aromatic N) is 1. The van der Waals surface area contributed by atoms with Crippen LogP contribution in [0.4, 0.5) is 0 Å². The molecular weight excluding hydrogens is 260 g/mol. The van der Waals surface area contributed by atoms with E-state index in [-0.39, 0.29) is 0 Å². The molecule has 3 heteroatoms. The summed E-state index contributed by atoms with van der Waals surface area (Å²) < 4.78 is 5.87. The topological polar surface area (TPSA) is 24.5 Å². The molecule has 1 aliphatic carbocycles. The second-order valence-electron chi connectivity index (χ2n) is 7.12. The van der Waals surface area contributed by atoms with Crippen LogP contribution in [0, 0.1) is 0 Å². The molecule has 2 aliphatic rings. The molecule has 124 valence electrons. The first-order valence-electron chi connectivity index (χ1n) is 9.38. The molecule has 2 fully saturated rings. The molecule has 3 nitrogen and oxygen atoms in total. The SMILES string of the molecule is CN1CCOC(CNC2CCCCCCCCCCC2)C1. The zero-order valence-corrected chi connectivity index (χ0v) is 14.1. The van der Waals surface area contributed by atoms with Gasteiger partial charge in [-0.05, 0) is 19.9 Å². The van der Waals surface area contributed by atoms with E-state index in [2.05, 4.69) is 17.3 Å². The van der Waals surface area contributed by atoms with Gasteiger partial charge in [0.25, 0.3) is 0 Å². The molecule has 1 saturated heterocycles. The van der Waals surface area contributed by atoms with E-state index in [9.17, 15) is 0 Å². The van der Waals surface area contributed by atoms with Crippen LogP contribution in [0.15, 0.2) is 0 Å². The van der Waals surface area contributed by atoms with Crippen LogP contribution in [0.25, 0.3) is 0 Å². The molecule has 21 heavy (non-hydrogen) atoms. The molecule has 1 heterocycles. The molecule has 2 rings (SSSR count). The van der Waals surface area contributed by atoms with Gasteiger partial charge in [-0.3, -0.25) is 0 Å². The molecule has 1 saturated carbocycles. The zero-order chi connectivity index (χ0) is 14.8. The first-order chi connectivity index (χ1) is 10.3. The van der Waals surface area contributed by atoms with Crippen molar-refractivity contribution in [1.29, 1.82) is 0 Å². The second-order valence-corrected chi connectivity index (χ2v) is 7.12. The van der Waals surface area contributed by atoms with E-state index in [0.29, 0.717) is 6.10 Å². The van der Waals surface area contributed by atoms with E-state index in [1.54, 1.807) is 0 Å². The third kappa shape index (κ3) is 7.62. The van der Waals surface area contributed by atoms with Gasteiger partial charge in [0, 0.05) is 25.7 Å². The lowest BCUT2D eigenvalue weighted by atomic mass is 9.98. The molecule has 0 aromatic carbocycles. The Kier molecular flexibility index (Phi) is 8.68. The Bertz CT molecular complexity index is 248. The summed E-state index contributed by atoms with van der Waals surface area (Å²) >= 11 is 0. The van der Waals surface area contributed by atoms with Gasteiger partial charge in [-0.15, -0.1) is 0 Å². The highest BCUT2D eigenvalue weighted by Gasteiger charge is 2.19. The Morgan fingerprint density at radius 1 is 0.905 bits per heavy atom. The van der Waals surface area contributed by atoms with Crippen LogP contribution < -0.4 is 5.32 Å². The number of hydrogen-bond donors (Lipinski definition) is 1. The van der Waals surface area contributed by atoms with Crippen molar-refractivity contribution in [2.75, 3.05) is 33.3 Å². The summed E-state index contributed by atoms with van der Waals surface area (Å²) in [4.78, 5) is 2.39. The van der Waals surface area contributed by atoms with E-state index in [4.69, 9.17) is 4.74 Å². The highest BCUT2D eigenvalue weighted by molar-refractivity contribution is 4.75. The fourth-order valence-electron chi connectivity index (χ4n) is 3.66. The lowest BCUT2D eigenvalue weighted by Gasteiger charge is -2.31. The van der Waals surface area contributed by atoms with E-state index in [1.165, 1.54) is 70.6 Å². The van der Waals surface area contributed by atoms with Gasteiger partial charge in [-0.1, -0.05) is 57.8 Å². The van der Waals surface area contributed by atoms with Crippen LogP contribution in [0.3, 0.4) is 0 Å². The van der Waals surface area contributed by atoms with Crippen molar-refractivity contribution in [1.82, 2.24) is 10.2 Å². The molecule has 0 bridgehead atoms. The summed E-state index contributed by atoms with van der Waals surface area (Å²) in [7, 11) is 2.20. The summed E-state index contributed by atoms with van der Waals surface area (Å²) in [6, 6.07) is 0.722. The van der Waals surface area contributed by atoms with Gasteiger partial charge in [-0.25, -0.2) is 0 Å². The quantitative estimate of drug-likeness (QED) is 0.861. The third-order valence-electron chi connectivity index (χ3n) is 5.08. The fraction of sp³-hybridized carbons (Fsp3) is 1.00. The molecular formula is C18H36N2O. The Hall–Kier alpha value is -0.120. The maximum Gasteiger partial charge on any atom is 0.0826 e. The van der Waals surface area contributed by atoms with Crippen LogP contribution in [0.5, 0.6) is 0 Å². The van der Waals surface area contributed by atoms with Crippen LogP contribution in [-0.2, 0) is 4.74 Å². The first-order valence-corrected chi connectivity index (χ1v) is 9.38. The Morgan fingerprint density at radius 2 is 1.48 bits per heavy atom. The monoisotopic (exact) mass is 296 g/mol. The van der Waals surface area contributed by atoms with Gasteiger partial charge < -0.3 is 15.0 Å². The summed E-state index contributed by atoms with van der Waals surface area (Å²) in [6.07, 6.45) is 16.1. The molecule has 0 radical (unpaired) electrons. The minimum absolute atomic E-state index is 0.394. The van der Waals surface area contributed by atoms with Crippen molar-refractivity contribution in [2.24, 2.45) is 0 Å². The Labute approximate surface area is 131 Å². The first kappa shape index (κ1) is 17.2. The van der Waals surface area contributed by atoms with Gasteiger partial charge in [-0.2, -0.15) is 0 Å². The summed E-state index contributed by atoms with van der Waals surface area (Å²) in [5.41, 5.74) is 0. The summed E-state index contributed by atoms with van der Waals surface area (Å²) in [5, 5.41) is 3.81. The largest absolute Gasteiger partial charge is 0.374 e. The molecule has 0 amide bonds. The molecule has 0 aromatic heterocycles. The van der Waals surface area contributed by atoms with Crippen LogP contribution in [-0.4, -0.2) is 50.3 Å². The number of nitrogens with one attached hydrogen (secondary N) is 1. The van der Waals surface area contributed by atoms with Crippen molar-refractivity contribution in [2.45, 2.75) is 82.8 Å². The number of likely N-dealkylation sites (N-methyl/N-ethyl adjacent to an activating group) is 1. The molecule has 0 aromatic rings. The maximum atomic E-state index is 5.87. The van der Waals surface area contributed by atoms with Gasteiger partial charge >= 0.3 is 0 Å². The Morgan fingerprint density at radius 3 is 2.05 bits per heavy atom. The average molecular weight is 296 g/mol. The third-order valence-corrected chi connectivity index (χ3v) is 5.08. The second kappa shape index (κ2) is 10.6. The van der Waals surface area contributed by atoms with Gasteiger partial charge in [0.2, 0.25) is 0 Å². The fourth-order valence-corrected chi connectivity index (χ4v) is 3.66. The molecule has 1 N–H and O–H groups in total. The van der Waals surface area contributed by atoms with Crippen LogP contribution in [0.1, 0.15) is 70.6 Å². The predicted molar refractivity (Wildman–Crippen MR) is 89.8 cm³/mol. The molecule has 1 atom stereocenters. The van der Waals surface area contributed by atoms with E-state index in [0.717, 1.165) is 32.3 Å². The van der Waals surface area contributed by atoms with Gasteiger partial charge in [0.15, 0.2) is 0 Å². The minimum Gasteiger partial charge on any atom is -0.374 e. The van der Waals surface area contributed by atoms with Gasteiger partial charge in [0.05, 0.1) is 12.7 Å². The maximum absolute atomic E-state index is 5.87. The van der Waals surface area contributed by atoms with Crippen molar-refractivity contribution < 1.29 is 4.74 Å². The average Bonchev–Trinajstić information content (AvgIpc) is 2.47. The lowest BCUT2D eigenvalue weighted by molar-refractivity contribution is -0.0195. The van der Waals surface area contributed by atoms with Gasteiger partial charge in [0.1, 0.15) is 0 Å². The van der Waals surface area contributed by atoms with Crippen molar-refractivity contribution in [3.8, 4) is 0 Å². The predicted octanol–water partition coefficient (Wildman–Crippen LogP) is 3.58. The van der Waals surface area contributed by atoms with E-state index in [1.807, 2.05) is 0 Å². The van der Waals surface area contributed by atoms with Crippen molar-refractivity contribution in [3.05, 3.63) is 0 Å². The number of morpholine rings is 1. The van der Waals surface area contributed by atoms with Crippen LogP contribution >= 0.6 is 0 Å². The summed E-state index contributed by atoms with van der Waals surface area (Å²) in [5.74, 6) is 0. The molecule has 1 unspecified atom stereocenters. The molecule has 0 spiro atoms. The van der Waals surface area contributed by atoms with E-state index >= 15 is 0 Å². The van der Waals surface area contributed by atoms with Crippen molar-refractivity contribution in [3.63, 3.8) is 0 Å². The highest BCUT2D eigenvalue weighted by Crippen LogP contribution is 2.17. The lowest BCUT2D eigenvalue weighted by Crippen LogP contribution is -2.46. The van der Waals surface area contributed by atoms with E-state index < -0.39 is 0 Å². The highest BCUT2D eigenvalue weighted by atomic mass is 16.5. The summed E-state index contributed by atoms with van der Waals surface area (Å²) in [6.45, 7) is 4.10. The minimum atomic E-state index is 0.394. The number of hydrogen-bond acceptors (Lipinski definition) is 3. The standard InChI is InChI=1S/C18H36N2O/c1-20-13-14-21-18(16-20)15-19-17-11-9-7-5-3-2-4-6-8-10-12-17/h17-19H,2-16H2,1H3. The number of rotatable bonds is 3. The number of ether oxygens (including phenoxy) is 1. The Balaban J connectivity index is 1.67. The smallest absolute Gasteiger partial charge is 0.0826 e. The normalized spacial score (nSPS) is 28.7. The molecule has 1 aliphatic heterocycles.